The van der Waals surface area contributed by atoms with Crippen molar-refractivity contribution >= 4 is 28.9 Å². The average Bonchev–Trinajstić information content (AvgIpc) is 2.71. The van der Waals surface area contributed by atoms with Gasteiger partial charge < -0.3 is 15.4 Å². The third kappa shape index (κ3) is 5.24. The van der Waals surface area contributed by atoms with E-state index in [9.17, 15) is 4.79 Å². The summed E-state index contributed by atoms with van der Waals surface area (Å²) in [6.07, 6.45) is 4.07. The van der Waals surface area contributed by atoms with E-state index < -0.39 is 0 Å². The average molecular weight is 396 g/mol. The van der Waals surface area contributed by atoms with Crippen LogP contribution in [0.1, 0.15) is 21.5 Å². The van der Waals surface area contributed by atoms with Crippen LogP contribution in [-0.4, -0.2) is 24.5 Å². The minimum Gasteiger partial charge on any atom is -0.497 e. The number of ether oxygens (including phenoxy) is 1. The van der Waals surface area contributed by atoms with Crippen LogP contribution in [0.5, 0.6) is 5.75 Å². The number of anilines is 2. The summed E-state index contributed by atoms with van der Waals surface area (Å²) in [4.78, 5) is 16.7. The minimum absolute atomic E-state index is 0.233. The van der Waals surface area contributed by atoms with Crippen LogP contribution in [0.25, 0.3) is 0 Å². The lowest BCUT2D eigenvalue weighted by Crippen LogP contribution is -2.13. The van der Waals surface area contributed by atoms with Gasteiger partial charge in [-0.05, 0) is 54.8 Å². The number of methoxy groups -OCH3 is 1. The largest absolute Gasteiger partial charge is 0.497 e. The van der Waals surface area contributed by atoms with Crippen LogP contribution in [0.2, 0.25) is 5.02 Å². The fourth-order valence-electron chi connectivity index (χ4n) is 2.71. The molecule has 0 unspecified atom stereocenters. The highest BCUT2D eigenvalue weighted by Crippen LogP contribution is 2.21. The van der Waals surface area contributed by atoms with E-state index in [0.29, 0.717) is 22.8 Å². The molecule has 28 heavy (non-hydrogen) atoms. The molecule has 0 bridgehead atoms. The van der Waals surface area contributed by atoms with Crippen LogP contribution in [0.3, 0.4) is 0 Å². The molecule has 2 N–H and O–H groups in total. The maximum absolute atomic E-state index is 12.5. The zero-order valence-electron chi connectivity index (χ0n) is 15.8. The Balaban J connectivity index is 1.59. The van der Waals surface area contributed by atoms with Crippen molar-refractivity contribution in [3.63, 3.8) is 0 Å². The number of nitrogens with zero attached hydrogens (tertiary/aromatic N) is 1. The first-order chi connectivity index (χ1) is 13.5. The summed E-state index contributed by atoms with van der Waals surface area (Å²) >= 11 is 6.11. The Morgan fingerprint density at radius 3 is 2.75 bits per heavy atom. The van der Waals surface area contributed by atoms with Gasteiger partial charge in [0.1, 0.15) is 5.75 Å². The number of aromatic nitrogens is 1. The van der Waals surface area contributed by atoms with Gasteiger partial charge in [-0.1, -0.05) is 29.8 Å². The van der Waals surface area contributed by atoms with Crippen LogP contribution in [0.15, 0.2) is 60.9 Å². The van der Waals surface area contributed by atoms with E-state index in [1.54, 1.807) is 31.6 Å². The highest BCUT2D eigenvalue weighted by molar-refractivity contribution is 6.31. The van der Waals surface area contributed by atoms with E-state index in [0.717, 1.165) is 23.4 Å². The summed E-state index contributed by atoms with van der Waals surface area (Å²) in [5, 5.41) is 6.76. The first-order valence-corrected chi connectivity index (χ1v) is 9.32. The van der Waals surface area contributed by atoms with Gasteiger partial charge in [-0.2, -0.15) is 0 Å². The summed E-state index contributed by atoms with van der Waals surface area (Å²) in [6, 6.07) is 15.2. The molecule has 0 saturated carbocycles. The Labute approximate surface area is 169 Å². The molecular formula is C22H22ClN3O2. The smallest absolute Gasteiger partial charge is 0.257 e. The predicted octanol–water partition coefficient (Wildman–Crippen LogP) is 4.96. The quantitative estimate of drug-likeness (QED) is 0.593. The number of halogens is 1. The summed E-state index contributed by atoms with van der Waals surface area (Å²) in [5.74, 6) is 0.609. The summed E-state index contributed by atoms with van der Waals surface area (Å²) < 4.78 is 5.24. The molecule has 3 rings (SSSR count). The molecule has 1 aromatic heterocycles. The second kappa shape index (κ2) is 9.24. The van der Waals surface area contributed by atoms with Crippen LogP contribution < -0.4 is 15.4 Å². The third-order valence-electron chi connectivity index (χ3n) is 4.31. The molecule has 2 aromatic carbocycles. The molecule has 0 radical (unpaired) electrons. The molecule has 0 atom stereocenters. The maximum Gasteiger partial charge on any atom is 0.257 e. The highest BCUT2D eigenvalue weighted by Gasteiger charge is 2.08. The first-order valence-electron chi connectivity index (χ1n) is 8.94. The molecule has 0 aliphatic carbocycles. The second-order valence-corrected chi connectivity index (χ2v) is 6.82. The van der Waals surface area contributed by atoms with Gasteiger partial charge in [0.15, 0.2) is 0 Å². The normalized spacial score (nSPS) is 10.4. The number of benzene rings is 2. The Bertz CT molecular complexity index is 976. The van der Waals surface area contributed by atoms with Crippen molar-refractivity contribution in [2.45, 2.75) is 13.3 Å². The topological polar surface area (TPSA) is 63.2 Å². The van der Waals surface area contributed by atoms with Gasteiger partial charge in [0.2, 0.25) is 0 Å². The zero-order chi connectivity index (χ0) is 19.9. The monoisotopic (exact) mass is 395 g/mol. The van der Waals surface area contributed by atoms with Gasteiger partial charge in [-0.15, -0.1) is 0 Å². The molecule has 1 amide bonds. The number of pyridine rings is 1. The molecule has 0 spiro atoms. The number of carbonyl (C=O) groups is 1. The first kappa shape index (κ1) is 19.7. The number of amides is 1. The SMILES string of the molecule is COc1cccc(CCNc2cncc(C(=O)Nc3ccc(C)c(Cl)c3)c2)c1. The van der Waals surface area contributed by atoms with Crippen molar-refractivity contribution in [1.29, 1.82) is 0 Å². The lowest BCUT2D eigenvalue weighted by atomic mass is 10.1. The molecule has 0 fully saturated rings. The maximum atomic E-state index is 12.5. The van der Waals surface area contributed by atoms with Crippen molar-refractivity contribution in [2.24, 2.45) is 0 Å². The van der Waals surface area contributed by atoms with E-state index in [1.165, 1.54) is 5.56 Å². The molecule has 0 saturated heterocycles. The van der Waals surface area contributed by atoms with Crippen LogP contribution in [0, 0.1) is 6.92 Å². The fraction of sp³-hybridized carbons (Fsp3) is 0.182. The van der Waals surface area contributed by atoms with Crippen LogP contribution in [0.4, 0.5) is 11.4 Å². The second-order valence-electron chi connectivity index (χ2n) is 6.41. The molecule has 5 nitrogen and oxygen atoms in total. The van der Waals surface area contributed by atoms with Crippen molar-refractivity contribution in [2.75, 3.05) is 24.3 Å². The number of hydrogen-bond acceptors (Lipinski definition) is 4. The number of rotatable bonds is 7. The zero-order valence-corrected chi connectivity index (χ0v) is 16.6. The van der Waals surface area contributed by atoms with E-state index in [2.05, 4.69) is 21.7 Å². The van der Waals surface area contributed by atoms with Gasteiger partial charge in [-0.25, -0.2) is 0 Å². The number of nitrogens with one attached hydrogen (secondary N) is 2. The van der Waals surface area contributed by atoms with Gasteiger partial charge in [0.25, 0.3) is 5.91 Å². The lowest BCUT2D eigenvalue weighted by Gasteiger charge is -2.10. The summed E-state index contributed by atoms with van der Waals surface area (Å²) in [7, 11) is 1.66. The standard InChI is InChI=1S/C22H22ClN3O2/c1-15-6-7-18(12-21(15)23)26-22(27)17-11-19(14-24-13-17)25-9-8-16-4-3-5-20(10-16)28-2/h3-7,10-14,25H,8-9H2,1-2H3,(H,26,27). The van der Waals surface area contributed by atoms with Gasteiger partial charge in [0, 0.05) is 29.6 Å². The van der Waals surface area contributed by atoms with Crippen LogP contribution >= 0.6 is 11.6 Å². The van der Waals surface area contributed by atoms with Crippen molar-refractivity contribution < 1.29 is 9.53 Å². The Kier molecular flexibility index (Phi) is 6.50. The van der Waals surface area contributed by atoms with E-state index in [1.807, 2.05) is 37.3 Å². The number of aryl methyl sites for hydroxylation is 1. The number of carbonyl (C=O) groups excluding carboxylic acids is 1. The Hall–Kier alpha value is -3.05. The predicted molar refractivity (Wildman–Crippen MR) is 114 cm³/mol. The molecule has 3 aromatic rings. The molecule has 6 heteroatoms. The molecule has 0 aliphatic rings. The molecular weight excluding hydrogens is 374 g/mol. The van der Waals surface area contributed by atoms with Gasteiger partial charge in [-0.3, -0.25) is 9.78 Å². The number of hydrogen-bond donors (Lipinski definition) is 2. The minimum atomic E-state index is -0.233. The van der Waals surface area contributed by atoms with Crippen LogP contribution in [-0.2, 0) is 6.42 Å². The van der Waals surface area contributed by atoms with E-state index in [-0.39, 0.29) is 5.91 Å². The summed E-state index contributed by atoms with van der Waals surface area (Å²) in [6.45, 7) is 2.63. The van der Waals surface area contributed by atoms with Gasteiger partial charge >= 0.3 is 0 Å². The highest BCUT2D eigenvalue weighted by atomic mass is 35.5. The van der Waals surface area contributed by atoms with Crippen molar-refractivity contribution in [3.05, 3.63) is 82.6 Å². The molecule has 0 aliphatic heterocycles. The Morgan fingerprint density at radius 2 is 1.96 bits per heavy atom. The van der Waals surface area contributed by atoms with E-state index in [4.69, 9.17) is 16.3 Å². The fourth-order valence-corrected chi connectivity index (χ4v) is 2.89. The van der Waals surface area contributed by atoms with Crippen molar-refractivity contribution in [3.8, 4) is 5.75 Å². The lowest BCUT2D eigenvalue weighted by molar-refractivity contribution is 0.102. The van der Waals surface area contributed by atoms with E-state index >= 15 is 0 Å². The summed E-state index contributed by atoms with van der Waals surface area (Å²) in [5.41, 5.74) is 4.05. The third-order valence-corrected chi connectivity index (χ3v) is 4.71. The molecule has 144 valence electrons. The van der Waals surface area contributed by atoms with Gasteiger partial charge in [0.05, 0.1) is 18.4 Å². The Morgan fingerprint density at radius 1 is 1.11 bits per heavy atom. The molecule has 1 heterocycles. The van der Waals surface area contributed by atoms with Crippen molar-refractivity contribution in [1.82, 2.24) is 4.98 Å².